The number of rotatable bonds is 9. The van der Waals surface area contributed by atoms with Crippen molar-refractivity contribution in [3.63, 3.8) is 0 Å². The molecule has 0 fully saturated rings. The first kappa shape index (κ1) is 19.0. The van der Waals surface area contributed by atoms with Crippen molar-refractivity contribution < 1.29 is 23.1 Å². The van der Waals surface area contributed by atoms with Crippen LogP contribution in [0.4, 0.5) is 0 Å². The molecular formula is C18H21NO5S. The van der Waals surface area contributed by atoms with Crippen molar-refractivity contribution in [3.8, 4) is 5.75 Å². The quantitative estimate of drug-likeness (QED) is 0.714. The third kappa shape index (κ3) is 5.58. The molecule has 0 unspecified atom stereocenters. The Morgan fingerprint density at radius 3 is 2.32 bits per heavy atom. The Balaban J connectivity index is 2.12. The second-order valence-electron chi connectivity index (χ2n) is 5.52. The summed E-state index contributed by atoms with van der Waals surface area (Å²) in [7, 11) is -3.95. The van der Waals surface area contributed by atoms with Crippen molar-refractivity contribution in [1.82, 2.24) is 4.72 Å². The van der Waals surface area contributed by atoms with Crippen molar-refractivity contribution in [2.24, 2.45) is 0 Å². The van der Waals surface area contributed by atoms with Gasteiger partial charge in [0.05, 0.1) is 11.5 Å². The molecule has 0 amide bonds. The molecule has 0 aliphatic rings. The number of sulfonamides is 1. The minimum Gasteiger partial charge on any atom is -0.494 e. The van der Waals surface area contributed by atoms with E-state index < -0.39 is 22.0 Å². The van der Waals surface area contributed by atoms with Crippen LogP contribution in [0.15, 0.2) is 59.5 Å². The van der Waals surface area contributed by atoms with Gasteiger partial charge in [0, 0.05) is 0 Å². The van der Waals surface area contributed by atoms with E-state index in [1.165, 1.54) is 12.1 Å². The van der Waals surface area contributed by atoms with Gasteiger partial charge in [-0.15, -0.1) is 0 Å². The van der Waals surface area contributed by atoms with Crippen LogP contribution >= 0.6 is 0 Å². The zero-order valence-electron chi connectivity index (χ0n) is 13.9. The van der Waals surface area contributed by atoms with E-state index in [0.717, 1.165) is 12.0 Å². The third-order valence-corrected chi connectivity index (χ3v) is 4.97. The average Bonchev–Trinajstić information content (AvgIpc) is 2.60. The van der Waals surface area contributed by atoms with E-state index in [-0.39, 0.29) is 11.3 Å². The van der Waals surface area contributed by atoms with Crippen LogP contribution in [0, 0.1) is 0 Å². The highest BCUT2D eigenvalue weighted by Crippen LogP contribution is 2.17. The predicted octanol–water partition coefficient (Wildman–Crippen LogP) is 2.45. The first-order valence-corrected chi connectivity index (χ1v) is 9.42. The van der Waals surface area contributed by atoms with E-state index in [9.17, 15) is 18.3 Å². The van der Waals surface area contributed by atoms with Crippen LogP contribution in [-0.2, 0) is 21.2 Å². The van der Waals surface area contributed by atoms with E-state index in [1.807, 2.05) is 13.0 Å². The molecule has 0 saturated heterocycles. The molecule has 0 spiro atoms. The van der Waals surface area contributed by atoms with Crippen LogP contribution in [0.5, 0.6) is 5.75 Å². The summed E-state index contributed by atoms with van der Waals surface area (Å²) in [6.45, 7) is 2.52. The molecule has 25 heavy (non-hydrogen) atoms. The molecule has 0 bridgehead atoms. The van der Waals surface area contributed by atoms with Crippen LogP contribution in [0.1, 0.15) is 18.9 Å². The number of hydrogen-bond acceptors (Lipinski definition) is 4. The maximum atomic E-state index is 12.4. The van der Waals surface area contributed by atoms with Crippen LogP contribution in [0.2, 0.25) is 0 Å². The Morgan fingerprint density at radius 1 is 1.12 bits per heavy atom. The molecule has 6 nitrogen and oxygen atoms in total. The van der Waals surface area contributed by atoms with Gasteiger partial charge in [-0.05, 0) is 42.7 Å². The summed E-state index contributed by atoms with van der Waals surface area (Å²) in [5.41, 5.74) is 0.737. The maximum absolute atomic E-state index is 12.4. The van der Waals surface area contributed by atoms with Gasteiger partial charge in [-0.2, -0.15) is 4.72 Å². The normalized spacial score (nSPS) is 12.5. The molecule has 2 aromatic carbocycles. The summed E-state index contributed by atoms with van der Waals surface area (Å²) in [6, 6.07) is 13.5. The molecule has 0 aliphatic heterocycles. The number of hydrogen-bond donors (Lipinski definition) is 2. The molecule has 7 heteroatoms. The zero-order chi connectivity index (χ0) is 18.3. The first-order valence-electron chi connectivity index (χ1n) is 7.94. The number of carboxylic acid groups (broad SMARTS) is 1. The number of nitrogens with one attached hydrogen (secondary N) is 1. The molecule has 0 radical (unpaired) electrons. The number of ether oxygens (including phenoxy) is 1. The summed E-state index contributed by atoms with van der Waals surface area (Å²) >= 11 is 0. The Kier molecular flexibility index (Phi) is 6.55. The van der Waals surface area contributed by atoms with Gasteiger partial charge in [0.15, 0.2) is 0 Å². The fourth-order valence-electron chi connectivity index (χ4n) is 2.22. The van der Waals surface area contributed by atoms with Gasteiger partial charge in [0.25, 0.3) is 0 Å². The van der Waals surface area contributed by atoms with Crippen LogP contribution in [0.25, 0.3) is 0 Å². The zero-order valence-corrected chi connectivity index (χ0v) is 14.7. The topological polar surface area (TPSA) is 92.7 Å². The number of carboxylic acids is 1. The Morgan fingerprint density at radius 2 is 1.76 bits per heavy atom. The monoisotopic (exact) mass is 363 g/mol. The fourth-order valence-corrected chi connectivity index (χ4v) is 3.41. The highest BCUT2D eigenvalue weighted by molar-refractivity contribution is 7.89. The average molecular weight is 363 g/mol. The lowest BCUT2D eigenvalue weighted by Gasteiger charge is -2.15. The third-order valence-electron chi connectivity index (χ3n) is 3.49. The van der Waals surface area contributed by atoms with Gasteiger partial charge >= 0.3 is 5.97 Å². The molecule has 2 aromatic rings. The second kappa shape index (κ2) is 8.64. The van der Waals surface area contributed by atoms with Crippen molar-refractivity contribution >= 4 is 16.0 Å². The van der Waals surface area contributed by atoms with E-state index >= 15 is 0 Å². The van der Waals surface area contributed by atoms with Crippen molar-refractivity contribution in [2.45, 2.75) is 30.7 Å². The lowest BCUT2D eigenvalue weighted by molar-refractivity contribution is -0.138. The van der Waals surface area contributed by atoms with Gasteiger partial charge in [0.1, 0.15) is 11.8 Å². The van der Waals surface area contributed by atoms with Gasteiger partial charge in [-0.25, -0.2) is 8.42 Å². The van der Waals surface area contributed by atoms with Crippen molar-refractivity contribution in [3.05, 3.63) is 60.2 Å². The first-order chi connectivity index (χ1) is 11.9. The number of aliphatic carboxylic acids is 1. The molecule has 2 rings (SSSR count). The molecule has 2 N–H and O–H groups in total. The van der Waals surface area contributed by atoms with Gasteiger partial charge < -0.3 is 9.84 Å². The molecule has 0 aliphatic carbocycles. The lowest BCUT2D eigenvalue weighted by atomic mass is 10.1. The number of benzene rings is 2. The van der Waals surface area contributed by atoms with Crippen molar-refractivity contribution in [1.29, 1.82) is 0 Å². The van der Waals surface area contributed by atoms with Crippen LogP contribution in [0.3, 0.4) is 0 Å². The summed E-state index contributed by atoms with van der Waals surface area (Å²) < 4.78 is 32.6. The molecule has 134 valence electrons. The maximum Gasteiger partial charge on any atom is 0.322 e. The summed E-state index contributed by atoms with van der Waals surface area (Å²) in [6.07, 6.45) is 0.911. The van der Waals surface area contributed by atoms with Gasteiger partial charge in [0.2, 0.25) is 10.0 Å². The predicted molar refractivity (Wildman–Crippen MR) is 94.1 cm³/mol. The Labute approximate surface area is 147 Å². The highest BCUT2D eigenvalue weighted by atomic mass is 32.2. The van der Waals surface area contributed by atoms with E-state index in [2.05, 4.69) is 4.72 Å². The highest BCUT2D eigenvalue weighted by Gasteiger charge is 2.25. The largest absolute Gasteiger partial charge is 0.494 e. The summed E-state index contributed by atoms with van der Waals surface area (Å²) in [5.74, 6) is -0.657. The SMILES string of the molecule is CCCOc1ccc(S(=O)(=O)N[C@H](Cc2ccccc2)C(=O)O)cc1. The molecule has 1 atom stereocenters. The lowest BCUT2D eigenvalue weighted by Crippen LogP contribution is -2.42. The molecular weight excluding hydrogens is 342 g/mol. The van der Waals surface area contributed by atoms with E-state index in [4.69, 9.17) is 4.74 Å². The minimum absolute atomic E-state index is 0.00402. The van der Waals surface area contributed by atoms with Gasteiger partial charge in [-0.1, -0.05) is 37.3 Å². The molecule has 0 saturated carbocycles. The second-order valence-corrected chi connectivity index (χ2v) is 7.24. The smallest absolute Gasteiger partial charge is 0.322 e. The Bertz CT molecular complexity index is 788. The fraction of sp³-hybridized carbons (Fsp3) is 0.278. The van der Waals surface area contributed by atoms with E-state index in [1.54, 1.807) is 36.4 Å². The summed E-state index contributed by atoms with van der Waals surface area (Å²) in [5, 5.41) is 9.34. The van der Waals surface area contributed by atoms with Crippen LogP contribution < -0.4 is 9.46 Å². The van der Waals surface area contributed by atoms with Crippen LogP contribution in [-0.4, -0.2) is 32.1 Å². The number of carbonyl (C=O) groups is 1. The van der Waals surface area contributed by atoms with Crippen molar-refractivity contribution in [2.75, 3.05) is 6.61 Å². The van der Waals surface area contributed by atoms with E-state index in [0.29, 0.717) is 12.4 Å². The molecule has 0 heterocycles. The minimum atomic E-state index is -3.95. The standard InChI is InChI=1S/C18H21NO5S/c1-2-12-24-15-8-10-16(11-9-15)25(22,23)19-17(18(20)21)13-14-6-4-3-5-7-14/h3-11,17,19H,2,12-13H2,1H3,(H,20,21)/t17-/m1/s1. The summed E-state index contributed by atoms with van der Waals surface area (Å²) in [4.78, 5) is 11.4. The Hall–Kier alpha value is -2.38. The van der Waals surface area contributed by atoms with Gasteiger partial charge in [-0.3, -0.25) is 4.79 Å². The molecule has 0 aromatic heterocycles.